The molecule has 0 unspecified atom stereocenters. The van der Waals surface area contributed by atoms with Crippen LogP contribution in [0.1, 0.15) is 37.7 Å². The Labute approximate surface area is 133 Å². The van der Waals surface area contributed by atoms with E-state index in [9.17, 15) is 14.9 Å². The number of nitro groups is 1. The summed E-state index contributed by atoms with van der Waals surface area (Å²) < 4.78 is 0. The molecule has 0 spiro atoms. The molecule has 23 heavy (non-hydrogen) atoms. The minimum atomic E-state index is -0.494. The predicted octanol–water partition coefficient (Wildman–Crippen LogP) is 2.58. The molecular weight excluding hydrogens is 298 g/mol. The first-order chi connectivity index (χ1) is 11.0. The van der Waals surface area contributed by atoms with Crippen LogP contribution in [-0.4, -0.2) is 16.7 Å². The zero-order valence-corrected chi connectivity index (χ0v) is 12.7. The number of hydrogen-bond acceptors (Lipinski definition) is 5. The van der Waals surface area contributed by atoms with Crippen molar-refractivity contribution in [2.24, 2.45) is 28.6 Å². The van der Waals surface area contributed by atoms with Gasteiger partial charge in [-0.2, -0.15) is 0 Å². The first kappa shape index (κ1) is 15.5. The summed E-state index contributed by atoms with van der Waals surface area (Å²) in [5.41, 5.74) is 6.18. The van der Waals surface area contributed by atoms with Crippen molar-refractivity contribution in [3.8, 4) is 0 Å². The highest BCUT2D eigenvalue weighted by molar-refractivity contribution is 5.97. The van der Waals surface area contributed by atoms with E-state index in [2.05, 4.69) is 5.16 Å². The summed E-state index contributed by atoms with van der Waals surface area (Å²) in [4.78, 5) is 26.9. The summed E-state index contributed by atoms with van der Waals surface area (Å²) >= 11 is 0. The number of amidine groups is 1. The van der Waals surface area contributed by atoms with Gasteiger partial charge in [-0.05, 0) is 49.1 Å². The standard InChI is InChI=1S/C16H19N3O4/c17-16(11-3-5-14(6-4-11)19(21)22)18-23-15(20)9-13-8-10-1-2-12(13)7-10/h3-6,10,12-13H,1-2,7-9H2,(H2,17,18)/t10-,12-,13+/m0/s1. The van der Waals surface area contributed by atoms with Crippen molar-refractivity contribution in [1.29, 1.82) is 0 Å². The van der Waals surface area contributed by atoms with E-state index >= 15 is 0 Å². The molecule has 7 heteroatoms. The number of fused-ring (bicyclic) bond motifs is 2. The second-order valence-corrected chi connectivity index (χ2v) is 6.38. The van der Waals surface area contributed by atoms with Crippen LogP contribution in [0.2, 0.25) is 0 Å². The second kappa shape index (κ2) is 6.36. The van der Waals surface area contributed by atoms with Crippen LogP contribution < -0.4 is 5.73 Å². The molecule has 2 saturated carbocycles. The number of carbonyl (C=O) groups is 1. The molecule has 3 rings (SSSR count). The zero-order valence-electron chi connectivity index (χ0n) is 12.7. The minimum absolute atomic E-state index is 0.0289. The Morgan fingerprint density at radius 2 is 2.04 bits per heavy atom. The lowest BCUT2D eigenvalue weighted by atomic mass is 9.86. The zero-order chi connectivity index (χ0) is 16.4. The molecule has 122 valence electrons. The third kappa shape index (κ3) is 3.49. The average molecular weight is 317 g/mol. The van der Waals surface area contributed by atoms with Crippen LogP contribution in [0.5, 0.6) is 0 Å². The van der Waals surface area contributed by atoms with Crippen molar-refractivity contribution in [2.45, 2.75) is 32.1 Å². The van der Waals surface area contributed by atoms with Crippen molar-refractivity contribution in [2.75, 3.05) is 0 Å². The molecule has 2 fully saturated rings. The number of rotatable bonds is 5. The topological polar surface area (TPSA) is 108 Å². The Kier molecular flexibility index (Phi) is 4.27. The van der Waals surface area contributed by atoms with Crippen LogP contribution in [0.25, 0.3) is 0 Å². The third-order valence-electron chi connectivity index (χ3n) is 4.93. The van der Waals surface area contributed by atoms with Crippen LogP contribution in [-0.2, 0) is 9.63 Å². The summed E-state index contributed by atoms with van der Waals surface area (Å²) in [5, 5.41) is 14.2. The number of hydrogen-bond donors (Lipinski definition) is 1. The molecule has 3 atom stereocenters. The van der Waals surface area contributed by atoms with Gasteiger partial charge in [0.15, 0.2) is 5.84 Å². The lowest BCUT2D eigenvalue weighted by molar-refractivity contribution is -0.384. The third-order valence-corrected chi connectivity index (χ3v) is 4.93. The number of nitrogens with two attached hydrogens (primary N) is 1. The molecular formula is C16H19N3O4. The summed E-state index contributed by atoms with van der Waals surface area (Å²) in [6.07, 6.45) is 5.25. The minimum Gasteiger partial charge on any atom is -0.380 e. The number of nitro benzene ring substituents is 1. The highest BCUT2D eigenvalue weighted by Gasteiger charge is 2.40. The summed E-state index contributed by atoms with van der Waals surface area (Å²) in [7, 11) is 0. The largest absolute Gasteiger partial charge is 0.380 e. The molecule has 2 bridgehead atoms. The maximum atomic E-state index is 11.9. The fourth-order valence-corrected chi connectivity index (χ4v) is 3.78. The summed E-state index contributed by atoms with van der Waals surface area (Å²) in [5.74, 6) is 1.51. The quantitative estimate of drug-likeness (QED) is 0.295. The van der Waals surface area contributed by atoms with Crippen molar-refractivity contribution < 1.29 is 14.6 Å². The van der Waals surface area contributed by atoms with E-state index in [0.717, 1.165) is 12.3 Å². The van der Waals surface area contributed by atoms with E-state index in [1.54, 1.807) is 0 Å². The van der Waals surface area contributed by atoms with Gasteiger partial charge in [-0.25, -0.2) is 4.79 Å². The molecule has 1 aromatic carbocycles. The van der Waals surface area contributed by atoms with Gasteiger partial charge < -0.3 is 10.6 Å². The lowest BCUT2D eigenvalue weighted by Crippen LogP contribution is -2.18. The number of benzene rings is 1. The predicted molar refractivity (Wildman–Crippen MR) is 83.5 cm³/mol. The lowest BCUT2D eigenvalue weighted by Gasteiger charge is -2.19. The van der Waals surface area contributed by atoms with Gasteiger partial charge in [0.1, 0.15) is 0 Å². The molecule has 0 aliphatic heterocycles. The number of nitrogens with zero attached hydrogens (tertiary/aromatic N) is 2. The number of non-ortho nitro benzene ring substituents is 1. The van der Waals surface area contributed by atoms with Crippen LogP contribution in [0.3, 0.4) is 0 Å². The van der Waals surface area contributed by atoms with Gasteiger partial charge in [0.25, 0.3) is 5.69 Å². The summed E-state index contributed by atoms with van der Waals surface area (Å²) in [6.45, 7) is 0. The van der Waals surface area contributed by atoms with Gasteiger partial charge in [0.2, 0.25) is 0 Å². The Hall–Kier alpha value is -2.44. The SMILES string of the molecule is N/C(=N/OC(=O)C[C@H]1C[C@H]2CC[C@H]1C2)c1ccc([N+](=O)[O-])cc1. The van der Waals surface area contributed by atoms with Crippen LogP contribution in [0.4, 0.5) is 5.69 Å². The molecule has 1 aromatic rings. The molecule has 0 radical (unpaired) electrons. The second-order valence-electron chi connectivity index (χ2n) is 6.38. The summed E-state index contributed by atoms with van der Waals surface area (Å²) in [6, 6.07) is 5.60. The number of oxime groups is 1. The molecule has 0 aromatic heterocycles. The smallest absolute Gasteiger partial charge is 0.335 e. The Morgan fingerprint density at radius 3 is 2.61 bits per heavy atom. The molecule has 2 N–H and O–H groups in total. The first-order valence-electron chi connectivity index (χ1n) is 7.81. The normalized spacial score (nSPS) is 26.3. The Morgan fingerprint density at radius 1 is 1.30 bits per heavy atom. The Bertz CT molecular complexity index is 641. The van der Waals surface area contributed by atoms with E-state index in [1.807, 2.05) is 0 Å². The van der Waals surface area contributed by atoms with Crippen LogP contribution >= 0.6 is 0 Å². The highest BCUT2D eigenvalue weighted by atomic mass is 16.7. The van der Waals surface area contributed by atoms with E-state index in [0.29, 0.717) is 23.8 Å². The monoisotopic (exact) mass is 317 g/mol. The van der Waals surface area contributed by atoms with Crippen molar-refractivity contribution in [3.05, 3.63) is 39.9 Å². The van der Waals surface area contributed by atoms with Gasteiger partial charge in [-0.15, -0.1) is 0 Å². The van der Waals surface area contributed by atoms with E-state index in [4.69, 9.17) is 10.6 Å². The highest BCUT2D eigenvalue weighted by Crippen LogP contribution is 2.49. The Balaban J connectivity index is 1.54. The van der Waals surface area contributed by atoms with Crippen LogP contribution in [0, 0.1) is 27.9 Å². The maximum Gasteiger partial charge on any atom is 0.335 e. The van der Waals surface area contributed by atoms with Gasteiger partial charge in [-0.3, -0.25) is 10.1 Å². The molecule has 0 amide bonds. The van der Waals surface area contributed by atoms with Crippen molar-refractivity contribution >= 4 is 17.5 Å². The maximum absolute atomic E-state index is 11.9. The fourth-order valence-electron chi connectivity index (χ4n) is 3.78. The number of carbonyl (C=O) groups excluding carboxylic acids is 1. The van der Waals surface area contributed by atoms with Crippen molar-refractivity contribution in [3.63, 3.8) is 0 Å². The molecule has 0 saturated heterocycles. The molecule has 2 aliphatic carbocycles. The van der Waals surface area contributed by atoms with Gasteiger partial charge >= 0.3 is 5.97 Å². The average Bonchev–Trinajstić information content (AvgIpc) is 3.15. The van der Waals surface area contributed by atoms with Gasteiger partial charge in [0.05, 0.1) is 11.3 Å². The van der Waals surface area contributed by atoms with Gasteiger partial charge in [0, 0.05) is 17.7 Å². The van der Waals surface area contributed by atoms with E-state index in [-0.39, 0.29) is 17.5 Å². The molecule has 7 nitrogen and oxygen atoms in total. The van der Waals surface area contributed by atoms with Crippen molar-refractivity contribution in [1.82, 2.24) is 0 Å². The molecule has 2 aliphatic rings. The van der Waals surface area contributed by atoms with Gasteiger partial charge in [-0.1, -0.05) is 11.6 Å². The first-order valence-corrected chi connectivity index (χ1v) is 7.81. The van der Waals surface area contributed by atoms with E-state index < -0.39 is 4.92 Å². The van der Waals surface area contributed by atoms with E-state index in [1.165, 1.54) is 43.5 Å². The van der Waals surface area contributed by atoms with Crippen LogP contribution in [0.15, 0.2) is 29.4 Å². The fraction of sp³-hybridized carbons (Fsp3) is 0.500. The molecule has 0 heterocycles.